The molecule has 144 valence electrons. The van der Waals surface area contributed by atoms with Crippen LogP contribution in [0.25, 0.3) is 0 Å². The molecule has 2 amide bonds. The van der Waals surface area contributed by atoms with Gasteiger partial charge in [0.05, 0.1) is 11.5 Å². The van der Waals surface area contributed by atoms with Crippen molar-refractivity contribution in [2.45, 2.75) is 11.8 Å². The van der Waals surface area contributed by atoms with E-state index in [0.717, 1.165) is 0 Å². The van der Waals surface area contributed by atoms with Gasteiger partial charge in [0.2, 0.25) is 10.0 Å². The molecule has 1 N–H and O–H groups in total. The molecule has 7 nitrogen and oxygen atoms in total. The molecule has 0 radical (unpaired) electrons. The zero-order valence-electron chi connectivity index (χ0n) is 15.2. The molecule has 0 atom stereocenters. The average Bonchev–Trinajstić information content (AvgIpc) is 2.69. The first-order valence-electron chi connectivity index (χ1n) is 8.84. The van der Waals surface area contributed by atoms with E-state index in [9.17, 15) is 13.2 Å². The third-order valence-electron chi connectivity index (χ3n) is 4.32. The lowest BCUT2D eigenvalue weighted by Crippen LogP contribution is -2.51. The van der Waals surface area contributed by atoms with Crippen molar-refractivity contribution >= 4 is 21.7 Å². The largest absolute Gasteiger partial charge is 0.494 e. The first kappa shape index (κ1) is 19.2. The van der Waals surface area contributed by atoms with Crippen LogP contribution in [0.15, 0.2) is 59.5 Å². The highest BCUT2D eigenvalue weighted by Crippen LogP contribution is 2.21. The van der Waals surface area contributed by atoms with Crippen LogP contribution >= 0.6 is 0 Å². The molecule has 0 spiro atoms. The van der Waals surface area contributed by atoms with Gasteiger partial charge in [0.25, 0.3) is 0 Å². The van der Waals surface area contributed by atoms with Crippen LogP contribution in [-0.2, 0) is 10.0 Å². The number of rotatable bonds is 5. The maximum Gasteiger partial charge on any atom is 0.321 e. The third-order valence-corrected chi connectivity index (χ3v) is 6.24. The van der Waals surface area contributed by atoms with Crippen LogP contribution in [-0.4, -0.2) is 56.4 Å². The third kappa shape index (κ3) is 4.58. The summed E-state index contributed by atoms with van der Waals surface area (Å²) in [7, 11) is -3.58. The highest BCUT2D eigenvalue weighted by atomic mass is 32.2. The fourth-order valence-electron chi connectivity index (χ4n) is 2.88. The van der Waals surface area contributed by atoms with Crippen LogP contribution in [0.4, 0.5) is 10.5 Å². The smallest absolute Gasteiger partial charge is 0.321 e. The SMILES string of the molecule is CCOc1ccc(S(=O)(=O)N2CCN(C(=O)Nc3ccccc3)CC2)cc1. The number of hydrogen-bond acceptors (Lipinski definition) is 4. The van der Waals surface area contributed by atoms with Crippen LogP contribution in [0.1, 0.15) is 6.92 Å². The van der Waals surface area contributed by atoms with E-state index in [1.165, 1.54) is 4.31 Å². The molecule has 1 aliphatic rings. The summed E-state index contributed by atoms with van der Waals surface area (Å²) in [6, 6.07) is 15.4. The van der Waals surface area contributed by atoms with Crippen molar-refractivity contribution in [1.82, 2.24) is 9.21 Å². The van der Waals surface area contributed by atoms with Gasteiger partial charge in [0, 0.05) is 31.9 Å². The number of nitrogens with one attached hydrogen (secondary N) is 1. The number of piperazine rings is 1. The Morgan fingerprint density at radius 2 is 1.63 bits per heavy atom. The van der Waals surface area contributed by atoms with Crippen LogP contribution in [0, 0.1) is 0 Å². The van der Waals surface area contributed by atoms with Gasteiger partial charge in [0.1, 0.15) is 5.75 Å². The minimum Gasteiger partial charge on any atom is -0.494 e. The summed E-state index contributed by atoms with van der Waals surface area (Å²) >= 11 is 0. The Balaban J connectivity index is 1.60. The summed E-state index contributed by atoms with van der Waals surface area (Å²) in [5.41, 5.74) is 0.715. The van der Waals surface area contributed by atoms with Gasteiger partial charge >= 0.3 is 6.03 Å². The molecule has 8 heteroatoms. The fraction of sp³-hybridized carbons (Fsp3) is 0.316. The van der Waals surface area contributed by atoms with E-state index in [2.05, 4.69) is 5.32 Å². The van der Waals surface area contributed by atoms with E-state index < -0.39 is 10.0 Å². The van der Waals surface area contributed by atoms with Gasteiger partial charge in [-0.2, -0.15) is 4.31 Å². The Morgan fingerprint density at radius 3 is 2.22 bits per heavy atom. The molecule has 1 saturated heterocycles. The second kappa shape index (κ2) is 8.41. The first-order chi connectivity index (χ1) is 13.0. The molecule has 1 aliphatic heterocycles. The number of sulfonamides is 1. The van der Waals surface area contributed by atoms with Gasteiger partial charge in [-0.05, 0) is 43.3 Å². The number of hydrogen-bond donors (Lipinski definition) is 1. The molecule has 1 fully saturated rings. The van der Waals surface area contributed by atoms with Gasteiger partial charge < -0.3 is 15.0 Å². The molecule has 0 aromatic heterocycles. The Bertz CT molecular complexity index is 862. The Morgan fingerprint density at radius 1 is 1.00 bits per heavy atom. The zero-order chi connectivity index (χ0) is 19.3. The van der Waals surface area contributed by atoms with E-state index in [-0.39, 0.29) is 24.0 Å². The predicted molar refractivity (Wildman–Crippen MR) is 103 cm³/mol. The number of nitrogens with zero attached hydrogens (tertiary/aromatic N) is 2. The molecule has 2 aromatic rings. The number of benzene rings is 2. The highest BCUT2D eigenvalue weighted by molar-refractivity contribution is 7.89. The average molecular weight is 389 g/mol. The van der Waals surface area contributed by atoms with Gasteiger partial charge in [-0.1, -0.05) is 18.2 Å². The molecule has 3 rings (SSSR count). The summed E-state index contributed by atoms with van der Waals surface area (Å²) < 4.78 is 32.3. The first-order valence-corrected chi connectivity index (χ1v) is 10.3. The number of anilines is 1. The van der Waals surface area contributed by atoms with Crippen LogP contribution in [0.3, 0.4) is 0 Å². The van der Waals surface area contributed by atoms with Gasteiger partial charge in [-0.15, -0.1) is 0 Å². The summed E-state index contributed by atoms with van der Waals surface area (Å²) in [4.78, 5) is 14.2. The summed E-state index contributed by atoms with van der Waals surface area (Å²) in [5.74, 6) is 0.638. The number of urea groups is 1. The monoisotopic (exact) mass is 389 g/mol. The molecule has 0 saturated carbocycles. The second-order valence-corrected chi connectivity index (χ2v) is 8.03. The predicted octanol–water partition coefficient (Wildman–Crippen LogP) is 2.62. The van der Waals surface area contributed by atoms with Crippen LogP contribution in [0.2, 0.25) is 0 Å². The molecular weight excluding hydrogens is 366 g/mol. The normalized spacial score (nSPS) is 15.4. The van der Waals surface area contributed by atoms with Crippen molar-refractivity contribution in [3.05, 3.63) is 54.6 Å². The molecule has 0 unspecified atom stereocenters. The molecular formula is C19H23N3O4S. The van der Waals surface area contributed by atoms with E-state index in [0.29, 0.717) is 31.1 Å². The lowest BCUT2D eigenvalue weighted by Gasteiger charge is -2.34. The summed E-state index contributed by atoms with van der Waals surface area (Å²) in [6.45, 7) is 3.61. The fourth-order valence-corrected chi connectivity index (χ4v) is 4.30. The molecule has 2 aromatic carbocycles. The number of carbonyl (C=O) groups excluding carboxylic acids is 1. The topological polar surface area (TPSA) is 79.0 Å². The number of para-hydroxylation sites is 1. The van der Waals surface area contributed by atoms with Crippen molar-refractivity contribution in [1.29, 1.82) is 0 Å². The van der Waals surface area contributed by atoms with Crippen molar-refractivity contribution in [2.75, 3.05) is 38.1 Å². The summed E-state index contributed by atoms with van der Waals surface area (Å²) in [5, 5.41) is 2.82. The lowest BCUT2D eigenvalue weighted by atomic mass is 10.3. The van der Waals surface area contributed by atoms with Crippen molar-refractivity contribution < 1.29 is 17.9 Å². The number of amides is 2. The van der Waals surface area contributed by atoms with Crippen molar-refractivity contribution in [3.8, 4) is 5.75 Å². The highest BCUT2D eigenvalue weighted by Gasteiger charge is 2.30. The van der Waals surface area contributed by atoms with Crippen molar-refractivity contribution in [3.63, 3.8) is 0 Å². The Labute approximate surface area is 159 Å². The number of ether oxygens (including phenoxy) is 1. The van der Waals surface area contributed by atoms with Gasteiger partial charge in [0.15, 0.2) is 0 Å². The minimum atomic E-state index is -3.58. The standard InChI is InChI=1S/C19H23N3O4S/c1-2-26-17-8-10-18(11-9-17)27(24,25)22-14-12-21(13-15-22)19(23)20-16-6-4-3-5-7-16/h3-11H,2,12-15H2,1H3,(H,20,23). The van der Waals surface area contributed by atoms with Crippen LogP contribution < -0.4 is 10.1 Å². The molecule has 1 heterocycles. The molecule has 27 heavy (non-hydrogen) atoms. The maximum atomic E-state index is 12.8. The Hall–Kier alpha value is -2.58. The second-order valence-electron chi connectivity index (χ2n) is 6.09. The van der Waals surface area contributed by atoms with Gasteiger partial charge in [-0.3, -0.25) is 0 Å². The zero-order valence-corrected chi connectivity index (χ0v) is 16.0. The Kier molecular flexibility index (Phi) is 5.98. The van der Waals surface area contributed by atoms with E-state index >= 15 is 0 Å². The maximum absolute atomic E-state index is 12.8. The van der Waals surface area contributed by atoms with E-state index in [1.807, 2.05) is 37.3 Å². The minimum absolute atomic E-state index is 0.223. The lowest BCUT2D eigenvalue weighted by molar-refractivity contribution is 0.184. The van der Waals surface area contributed by atoms with E-state index in [1.54, 1.807) is 29.2 Å². The van der Waals surface area contributed by atoms with E-state index in [4.69, 9.17) is 4.74 Å². The van der Waals surface area contributed by atoms with Crippen molar-refractivity contribution in [2.24, 2.45) is 0 Å². The van der Waals surface area contributed by atoms with Gasteiger partial charge in [-0.25, -0.2) is 13.2 Å². The number of carbonyl (C=O) groups is 1. The quantitative estimate of drug-likeness (QED) is 0.853. The van der Waals surface area contributed by atoms with Crippen LogP contribution in [0.5, 0.6) is 5.75 Å². The molecule has 0 bridgehead atoms. The summed E-state index contributed by atoms with van der Waals surface area (Å²) in [6.07, 6.45) is 0. The molecule has 0 aliphatic carbocycles.